The zero-order valence-corrected chi connectivity index (χ0v) is 21.1. The van der Waals surface area contributed by atoms with Gasteiger partial charge in [0.05, 0.1) is 11.7 Å². The summed E-state index contributed by atoms with van der Waals surface area (Å²) in [6.45, 7) is 11.7. The Kier molecular flexibility index (Phi) is 8.70. The molecule has 1 aliphatic heterocycles. The lowest BCUT2D eigenvalue weighted by molar-refractivity contribution is 0.193. The van der Waals surface area contributed by atoms with E-state index in [4.69, 9.17) is 0 Å². The molecule has 3 aromatic rings. The number of aromatic nitrogens is 1. The van der Waals surface area contributed by atoms with Crippen LogP contribution in [0.2, 0.25) is 0 Å². The molecule has 1 aliphatic rings. The maximum atomic E-state index is 14.1. The van der Waals surface area contributed by atoms with Crippen LogP contribution in [0.3, 0.4) is 0 Å². The van der Waals surface area contributed by atoms with Gasteiger partial charge in [-0.25, -0.2) is 4.39 Å². The number of aryl methyl sites for hydroxylation is 3. The van der Waals surface area contributed by atoms with Crippen LogP contribution in [0.15, 0.2) is 79.1 Å². The highest BCUT2D eigenvalue weighted by molar-refractivity contribution is 5.33. The summed E-state index contributed by atoms with van der Waals surface area (Å²) in [5.41, 5.74) is 6.48. The summed E-state index contributed by atoms with van der Waals surface area (Å²) >= 11 is 0. The molecule has 0 saturated carbocycles. The summed E-state index contributed by atoms with van der Waals surface area (Å²) in [5, 5.41) is 3.74. The first-order valence-electron chi connectivity index (χ1n) is 13.0. The van der Waals surface area contributed by atoms with Crippen LogP contribution < -0.4 is 5.32 Å². The molecular weight excluding hydrogens is 433 g/mol. The Morgan fingerprint density at radius 1 is 1.11 bits per heavy atom. The predicted molar refractivity (Wildman–Crippen MR) is 143 cm³/mol. The molecule has 2 aromatic carbocycles. The van der Waals surface area contributed by atoms with E-state index >= 15 is 0 Å². The third-order valence-electron chi connectivity index (χ3n) is 7.22. The van der Waals surface area contributed by atoms with Gasteiger partial charge in [-0.15, -0.1) is 0 Å². The van der Waals surface area contributed by atoms with Crippen molar-refractivity contribution in [1.82, 2.24) is 15.2 Å². The van der Waals surface area contributed by atoms with E-state index in [1.54, 1.807) is 6.07 Å². The lowest BCUT2D eigenvalue weighted by atomic mass is 9.92. The van der Waals surface area contributed by atoms with Crippen LogP contribution in [0.1, 0.15) is 60.2 Å². The van der Waals surface area contributed by atoms with Crippen molar-refractivity contribution < 1.29 is 4.39 Å². The fraction of sp³-hybridized carbons (Fsp3) is 0.387. The van der Waals surface area contributed by atoms with Crippen molar-refractivity contribution in [2.75, 3.05) is 19.6 Å². The molecule has 3 nitrogen and oxygen atoms in total. The van der Waals surface area contributed by atoms with Crippen LogP contribution >= 0.6 is 0 Å². The van der Waals surface area contributed by atoms with E-state index in [1.165, 1.54) is 11.1 Å². The van der Waals surface area contributed by atoms with Gasteiger partial charge in [-0.05, 0) is 99.1 Å². The molecular formula is C31H38FN3. The highest BCUT2D eigenvalue weighted by Gasteiger charge is 2.24. The largest absolute Gasteiger partial charge is 0.376 e. The zero-order chi connectivity index (χ0) is 24.6. The second kappa shape index (κ2) is 12.1. The predicted octanol–water partition coefficient (Wildman–Crippen LogP) is 6.63. The number of pyridine rings is 1. The maximum Gasteiger partial charge on any atom is 0.126 e. The first-order chi connectivity index (χ1) is 17.0. The molecule has 0 radical (unpaired) electrons. The number of allylic oxidation sites excluding steroid dienone is 1. The third-order valence-corrected chi connectivity index (χ3v) is 7.22. The molecule has 1 aromatic heterocycles. The number of rotatable bonds is 10. The number of halogens is 1. The van der Waals surface area contributed by atoms with E-state index in [0.717, 1.165) is 74.3 Å². The number of hydrogen-bond acceptors (Lipinski definition) is 3. The number of nitrogens with zero attached hydrogens (tertiary/aromatic N) is 2. The van der Waals surface area contributed by atoms with E-state index in [0.29, 0.717) is 5.92 Å². The number of likely N-dealkylation sites (tertiary alicyclic amines) is 1. The Morgan fingerprint density at radius 2 is 1.94 bits per heavy atom. The van der Waals surface area contributed by atoms with Crippen LogP contribution in [-0.2, 0) is 12.8 Å². The molecule has 0 aliphatic carbocycles. The van der Waals surface area contributed by atoms with Gasteiger partial charge in [0.1, 0.15) is 5.82 Å². The molecule has 0 bridgehead atoms. The van der Waals surface area contributed by atoms with E-state index < -0.39 is 0 Å². The molecule has 1 N–H and O–H groups in total. The van der Waals surface area contributed by atoms with Gasteiger partial charge in [0.25, 0.3) is 0 Å². The Balaban J connectivity index is 1.31. The normalized spacial score (nSPS) is 15.6. The van der Waals surface area contributed by atoms with Crippen molar-refractivity contribution in [2.24, 2.45) is 5.92 Å². The number of hydrogen-bond donors (Lipinski definition) is 1. The average molecular weight is 472 g/mol. The average Bonchev–Trinajstić information content (AvgIpc) is 2.89. The monoisotopic (exact) mass is 471 g/mol. The van der Waals surface area contributed by atoms with Gasteiger partial charge in [0, 0.05) is 17.8 Å². The van der Waals surface area contributed by atoms with Crippen LogP contribution in [0.25, 0.3) is 0 Å². The Hall–Kier alpha value is -2.98. The van der Waals surface area contributed by atoms with Crippen LogP contribution in [-0.4, -0.2) is 29.5 Å². The van der Waals surface area contributed by atoms with Gasteiger partial charge in [-0.3, -0.25) is 4.98 Å². The van der Waals surface area contributed by atoms with Gasteiger partial charge < -0.3 is 10.2 Å². The zero-order valence-electron chi connectivity index (χ0n) is 21.1. The SMILES string of the molecule is C=C(NC(c1cccc(CC)c1)c1ccccn1)C1CCN(CCCc2ccc(C)cc2F)CC1. The van der Waals surface area contributed by atoms with E-state index in [2.05, 4.69) is 59.0 Å². The lowest BCUT2D eigenvalue weighted by Crippen LogP contribution is -2.37. The van der Waals surface area contributed by atoms with Crippen LogP contribution in [0.4, 0.5) is 4.39 Å². The molecule has 35 heavy (non-hydrogen) atoms. The second-order valence-electron chi connectivity index (χ2n) is 9.77. The lowest BCUT2D eigenvalue weighted by Gasteiger charge is -2.34. The highest BCUT2D eigenvalue weighted by Crippen LogP contribution is 2.28. The Morgan fingerprint density at radius 3 is 2.66 bits per heavy atom. The minimum absolute atomic E-state index is 0.00219. The molecule has 4 rings (SSSR count). The van der Waals surface area contributed by atoms with Crippen molar-refractivity contribution in [2.45, 2.75) is 52.0 Å². The molecule has 0 amide bonds. The van der Waals surface area contributed by atoms with E-state index in [9.17, 15) is 4.39 Å². The molecule has 1 saturated heterocycles. The molecule has 0 spiro atoms. The molecule has 1 atom stereocenters. The molecule has 4 heteroatoms. The van der Waals surface area contributed by atoms with Crippen molar-refractivity contribution in [3.05, 3.63) is 113 Å². The van der Waals surface area contributed by atoms with Gasteiger partial charge >= 0.3 is 0 Å². The minimum atomic E-state index is -0.0713. The molecule has 2 heterocycles. The number of nitrogens with one attached hydrogen (secondary N) is 1. The highest BCUT2D eigenvalue weighted by atomic mass is 19.1. The smallest absolute Gasteiger partial charge is 0.126 e. The van der Waals surface area contributed by atoms with Gasteiger partial charge in [-0.2, -0.15) is 0 Å². The van der Waals surface area contributed by atoms with E-state index in [-0.39, 0.29) is 11.9 Å². The fourth-order valence-electron chi connectivity index (χ4n) is 5.02. The summed E-state index contributed by atoms with van der Waals surface area (Å²) in [7, 11) is 0. The quantitative estimate of drug-likeness (QED) is 0.360. The second-order valence-corrected chi connectivity index (χ2v) is 9.77. The standard InChI is InChI=1S/C31H38FN3/c1-4-25-9-7-10-28(22-25)31(30-12-5-6-17-33-30)34-24(3)26-15-19-35(20-16-26)18-8-11-27-14-13-23(2)21-29(27)32/h5-7,9-10,12-14,17,21-22,26,31,34H,3-4,8,11,15-16,18-20H2,1-2H3. The van der Waals surface area contributed by atoms with Crippen molar-refractivity contribution in [3.63, 3.8) is 0 Å². The molecule has 1 unspecified atom stereocenters. The molecule has 1 fully saturated rings. The fourth-order valence-corrected chi connectivity index (χ4v) is 5.02. The first kappa shape index (κ1) is 25.1. The minimum Gasteiger partial charge on any atom is -0.376 e. The summed E-state index contributed by atoms with van der Waals surface area (Å²) in [4.78, 5) is 7.16. The van der Waals surface area contributed by atoms with Gasteiger partial charge in [0.15, 0.2) is 0 Å². The number of piperidine rings is 1. The maximum absolute atomic E-state index is 14.1. The summed E-state index contributed by atoms with van der Waals surface area (Å²) < 4.78 is 14.1. The van der Waals surface area contributed by atoms with Gasteiger partial charge in [-0.1, -0.05) is 56.0 Å². The first-order valence-corrected chi connectivity index (χ1v) is 13.0. The Bertz CT molecular complexity index is 1100. The number of benzene rings is 2. The van der Waals surface area contributed by atoms with Crippen LogP contribution in [0, 0.1) is 18.7 Å². The van der Waals surface area contributed by atoms with Crippen molar-refractivity contribution >= 4 is 0 Å². The molecule has 184 valence electrons. The summed E-state index contributed by atoms with van der Waals surface area (Å²) in [6, 6.07) is 20.4. The third kappa shape index (κ3) is 6.79. The van der Waals surface area contributed by atoms with Gasteiger partial charge in [0.2, 0.25) is 0 Å². The summed E-state index contributed by atoms with van der Waals surface area (Å²) in [6.07, 6.45) is 6.84. The van der Waals surface area contributed by atoms with E-state index in [1.807, 2.05) is 37.4 Å². The van der Waals surface area contributed by atoms with Crippen molar-refractivity contribution in [3.8, 4) is 0 Å². The Labute approximate surface area is 210 Å². The van der Waals surface area contributed by atoms with Crippen LogP contribution in [0.5, 0.6) is 0 Å². The topological polar surface area (TPSA) is 28.2 Å². The van der Waals surface area contributed by atoms with Crippen molar-refractivity contribution in [1.29, 1.82) is 0 Å². The summed E-state index contributed by atoms with van der Waals surface area (Å²) in [5.74, 6) is 0.374.